The fraction of sp³-hybridized carbons (Fsp3) is 0.235. The Bertz CT molecular complexity index is 703. The number of fused-ring (bicyclic) bond motifs is 1. The molecule has 0 spiro atoms. The molecule has 0 aliphatic carbocycles. The molecule has 0 bridgehead atoms. The number of hydrogen-bond donors (Lipinski definition) is 1. The number of benzene rings is 1. The van der Waals surface area contributed by atoms with Gasteiger partial charge in [-0.25, -0.2) is 0 Å². The van der Waals surface area contributed by atoms with E-state index in [-0.39, 0.29) is 0 Å². The highest BCUT2D eigenvalue weighted by Crippen LogP contribution is 2.34. The van der Waals surface area contributed by atoms with Gasteiger partial charge in [0, 0.05) is 34.6 Å². The van der Waals surface area contributed by atoms with Crippen LogP contribution >= 0.6 is 11.3 Å². The topological polar surface area (TPSA) is 24.9 Å². The summed E-state index contributed by atoms with van der Waals surface area (Å²) in [6.07, 6.45) is 3.72. The van der Waals surface area contributed by atoms with Crippen LogP contribution in [0.25, 0.3) is 10.1 Å². The summed E-state index contributed by atoms with van der Waals surface area (Å²) < 4.78 is 1.37. The van der Waals surface area contributed by atoms with Gasteiger partial charge in [-0.2, -0.15) is 0 Å². The van der Waals surface area contributed by atoms with Crippen LogP contribution < -0.4 is 5.32 Å². The number of pyridine rings is 1. The zero-order valence-corrected chi connectivity index (χ0v) is 12.6. The number of thiophene rings is 1. The van der Waals surface area contributed by atoms with Gasteiger partial charge in [0.15, 0.2) is 0 Å². The summed E-state index contributed by atoms with van der Waals surface area (Å²) in [5.74, 6) is 0. The third-order valence-electron chi connectivity index (χ3n) is 3.61. The molecule has 0 aliphatic heterocycles. The lowest BCUT2D eigenvalue weighted by atomic mass is 10.1. The first kappa shape index (κ1) is 13.3. The Morgan fingerprint density at radius 1 is 1.20 bits per heavy atom. The van der Waals surface area contributed by atoms with Crippen molar-refractivity contribution < 1.29 is 0 Å². The van der Waals surface area contributed by atoms with Crippen LogP contribution in [-0.4, -0.2) is 4.98 Å². The number of nitrogens with zero attached hydrogens (tertiary/aromatic N) is 1. The highest BCUT2D eigenvalue weighted by molar-refractivity contribution is 7.19. The van der Waals surface area contributed by atoms with E-state index in [0.29, 0.717) is 6.04 Å². The molecule has 2 aromatic heterocycles. The van der Waals surface area contributed by atoms with Crippen molar-refractivity contribution in [3.05, 3.63) is 64.8 Å². The minimum Gasteiger partial charge on any atom is -0.305 e. The standard InChI is InChI=1S/C17H18N2S/c1-12-15-7-3-4-8-16(15)20-17(12)13(2)19-11-14-6-5-9-18-10-14/h3-10,13,19H,11H2,1-2H3. The normalized spacial score (nSPS) is 12.7. The van der Waals surface area contributed by atoms with Crippen LogP contribution in [0.2, 0.25) is 0 Å². The SMILES string of the molecule is Cc1c(C(C)NCc2cccnc2)sc2ccccc12. The predicted molar refractivity (Wildman–Crippen MR) is 86.1 cm³/mol. The fourth-order valence-electron chi connectivity index (χ4n) is 2.47. The van der Waals surface area contributed by atoms with Crippen molar-refractivity contribution in [1.82, 2.24) is 10.3 Å². The van der Waals surface area contributed by atoms with E-state index >= 15 is 0 Å². The van der Waals surface area contributed by atoms with E-state index in [0.717, 1.165) is 6.54 Å². The van der Waals surface area contributed by atoms with Crippen LogP contribution in [0.3, 0.4) is 0 Å². The molecule has 1 aromatic carbocycles. The average molecular weight is 282 g/mol. The summed E-state index contributed by atoms with van der Waals surface area (Å²) in [6, 6.07) is 13.1. The second-order valence-electron chi connectivity index (χ2n) is 5.05. The molecule has 20 heavy (non-hydrogen) atoms. The molecule has 3 rings (SSSR count). The number of aryl methyl sites for hydroxylation is 1. The Morgan fingerprint density at radius 3 is 2.80 bits per heavy atom. The highest BCUT2D eigenvalue weighted by atomic mass is 32.1. The molecular formula is C17H18N2S. The lowest BCUT2D eigenvalue weighted by molar-refractivity contribution is 0.580. The van der Waals surface area contributed by atoms with Crippen molar-refractivity contribution in [3.8, 4) is 0 Å². The van der Waals surface area contributed by atoms with E-state index in [1.807, 2.05) is 29.8 Å². The third-order valence-corrected chi connectivity index (χ3v) is 5.06. The van der Waals surface area contributed by atoms with E-state index in [2.05, 4.69) is 54.5 Å². The van der Waals surface area contributed by atoms with E-state index < -0.39 is 0 Å². The van der Waals surface area contributed by atoms with Gasteiger partial charge in [0.25, 0.3) is 0 Å². The van der Waals surface area contributed by atoms with Gasteiger partial charge in [-0.15, -0.1) is 11.3 Å². The molecule has 0 saturated carbocycles. The van der Waals surface area contributed by atoms with Crippen molar-refractivity contribution in [2.24, 2.45) is 0 Å². The monoisotopic (exact) mass is 282 g/mol. The molecule has 3 heteroatoms. The van der Waals surface area contributed by atoms with Gasteiger partial charge in [0.2, 0.25) is 0 Å². The first-order valence-electron chi connectivity index (χ1n) is 6.86. The average Bonchev–Trinajstić information content (AvgIpc) is 2.84. The van der Waals surface area contributed by atoms with Gasteiger partial charge in [-0.3, -0.25) is 4.98 Å². The summed E-state index contributed by atoms with van der Waals surface area (Å²) in [5.41, 5.74) is 2.62. The maximum absolute atomic E-state index is 4.15. The Balaban J connectivity index is 1.79. The summed E-state index contributed by atoms with van der Waals surface area (Å²) >= 11 is 1.89. The van der Waals surface area contributed by atoms with Crippen LogP contribution in [-0.2, 0) is 6.54 Å². The lowest BCUT2D eigenvalue weighted by Gasteiger charge is -2.13. The molecule has 102 valence electrons. The second kappa shape index (κ2) is 5.73. The molecule has 0 saturated heterocycles. The summed E-state index contributed by atoms with van der Waals surface area (Å²) in [4.78, 5) is 5.58. The summed E-state index contributed by atoms with van der Waals surface area (Å²) in [6.45, 7) is 5.30. The van der Waals surface area contributed by atoms with Crippen molar-refractivity contribution >= 4 is 21.4 Å². The van der Waals surface area contributed by atoms with Gasteiger partial charge in [-0.1, -0.05) is 24.3 Å². The van der Waals surface area contributed by atoms with E-state index in [1.54, 1.807) is 0 Å². The Kier molecular flexibility index (Phi) is 3.81. The zero-order chi connectivity index (χ0) is 13.9. The van der Waals surface area contributed by atoms with Gasteiger partial charge in [0.05, 0.1) is 0 Å². The zero-order valence-electron chi connectivity index (χ0n) is 11.8. The van der Waals surface area contributed by atoms with Crippen molar-refractivity contribution in [2.45, 2.75) is 26.4 Å². The lowest BCUT2D eigenvalue weighted by Crippen LogP contribution is -2.17. The van der Waals surface area contributed by atoms with E-state index in [9.17, 15) is 0 Å². The first-order chi connectivity index (χ1) is 9.75. The van der Waals surface area contributed by atoms with E-state index in [1.165, 1.54) is 26.1 Å². The van der Waals surface area contributed by atoms with Crippen molar-refractivity contribution in [3.63, 3.8) is 0 Å². The van der Waals surface area contributed by atoms with Gasteiger partial charge >= 0.3 is 0 Å². The highest BCUT2D eigenvalue weighted by Gasteiger charge is 2.13. The molecule has 3 aromatic rings. The molecule has 1 unspecified atom stereocenters. The minimum absolute atomic E-state index is 0.354. The summed E-state index contributed by atoms with van der Waals surface area (Å²) in [7, 11) is 0. The van der Waals surface area contributed by atoms with Crippen LogP contribution in [0.1, 0.15) is 29.0 Å². The minimum atomic E-state index is 0.354. The third kappa shape index (κ3) is 2.60. The van der Waals surface area contributed by atoms with Crippen LogP contribution in [0, 0.1) is 6.92 Å². The Hall–Kier alpha value is -1.71. The quantitative estimate of drug-likeness (QED) is 0.764. The second-order valence-corrected chi connectivity index (χ2v) is 6.14. The molecule has 0 aliphatic rings. The molecule has 1 atom stereocenters. The fourth-order valence-corrected chi connectivity index (χ4v) is 3.71. The number of aromatic nitrogens is 1. The smallest absolute Gasteiger partial charge is 0.0391 e. The number of rotatable bonds is 4. The molecule has 0 fully saturated rings. The molecule has 2 heterocycles. The van der Waals surface area contributed by atoms with Crippen molar-refractivity contribution in [2.75, 3.05) is 0 Å². The maximum atomic E-state index is 4.15. The number of nitrogens with one attached hydrogen (secondary N) is 1. The summed E-state index contributed by atoms with van der Waals surface area (Å²) in [5, 5.41) is 4.96. The molecule has 0 radical (unpaired) electrons. The molecule has 0 amide bonds. The Labute approximate surface area is 123 Å². The molecular weight excluding hydrogens is 264 g/mol. The largest absolute Gasteiger partial charge is 0.305 e. The van der Waals surface area contributed by atoms with Gasteiger partial charge < -0.3 is 5.32 Å². The molecule has 2 nitrogen and oxygen atoms in total. The maximum Gasteiger partial charge on any atom is 0.0391 e. The van der Waals surface area contributed by atoms with Crippen molar-refractivity contribution in [1.29, 1.82) is 0 Å². The van der Waals surface area contributed by atoms with Gasteiger partial charge in [0.1, 0.15) is 0 Å². The van der Waals surface area contributed by atoms with Gasteiger partial charge in [-0.05, 0) is 42.5 Å². The first-order valence-corrected chi connectivity index (χ1v) is 7.67. The molecule has 1 N–H and O–H groups in total. The Morgan fingerprint density at radius 2 is 2.05 bits per heavy atom. The van der Waals surface area contributed by atoms with E-state index in [4.69, 9.17) is 0 Å². The number of hydrogen-bond acceptors (Lipinski definition) is 3. The predicted octanol–water partition coefficient (Wildman–Crippen LogP) is 4.46. The van der Waals surface area contributed by atoms with Crippen LogP contribution in [0.4, 0.5) is 0 Å². The van der Waals surface area contributed by atoms with Crippen LogP contribution in [0.5, 0.6) is 0 Å². The van der Waals surface area contributed by atoms with Crippen LogP contribution in [0.15, 0.2) is 48.8 Å².